The van der Waals surface area contributed by atoms with E-state index in [-0.39, 0.29) is 17.3 Å². The maximum atomic E-state index is 11.3. The fourth-order valence-electron chi connectivity index (χ4n) is 10.8. The second-order valence-corrected chi connectivity index (χ2v) is 31.7. The molecule has 17 rings (SSSR count). The average Bonchev–Trinajstić information content (AvgIpc) is 0.825. The SMILES string of the molecule is CC(=O)Cc1cc(CC(C)=O)c(C)c(CC(C)=O)c1.Cc1ccccc1.Cc1ccccc1.Cc1ccccc1.Cc1ccccc1.Cc1ccccc1.Cc1ccccc1.Cc1ccccc1.Cc1ccccc1.Cc1ccccc1.Cc1ccccc1.Cc1ccccc1.Cc1ccccc1.Cc1ccccc1.Cc1ccccc1.Cc1ccccc1.Cc1ccccc1. The first-order valence-electron chi connectivity index (χ1n) is 45.0. The van der Waals surface area contributed by atoms with Crippen LogP contribution in [0.25, 0.3) is 0 Å². The lowest BCUT2D eigenvalue weighted by Gasteiger charge is -2.12. The minimum atomic E-state index is 0.0754. The van der Waals surface area contributed by atoms with Crippen molar-refractivity contribution in [1.82, 2.24) is 0 Å². The number of hydrogen-bond acceptors (Lipinski definition) is 3. The summed E-state index contributed by atoms with van der Waals surface area (Å²) in [7, 11) is 0. The van der Waals surface area contributed by atoms with Crippen LogP contribution in [0.4, 0.5) is 0 Å². The third-order valence-corrected chi connectivity index (χ3v) is 18.1. The van der Waals surface area contributed by atoms with Gasteiger partial charge in [0, 0.05) is 19.3 Å². The number of carbonyl (C=O) groups is 3. The van der Waals surface area contributed by atoms with Crippen LogP contribution in [0.1, 0.15) is 132 Å². The Balaban J connectivity index is 0.000000703. The fraction of sp³-hybridized carbons (Fsp3) is 0.180. The lowest BCUT2D eigenvalue weighted by atomic mass is 9.92. The van der Waals surface area contributed by atoms with Gasteiger partial charge in [-0.05, 0) is 161 Å². The third-order valence-electron chi connectivity index (χ3n) is 18.1. The third kappa shape index (κ3) is 74.5. The predicted octanol–water partition coefficient (Wildman–Crippen LogP) is 34.3. The van der Waals surface area contributed by atoms with E-state index in [4.69, 9.17) is 0 Å². The van der Waals surface area contributed by atoms with Crippen molar-refractivity contribution in [3.63, 3.8) is 0 Å². The van der Waals surface area contributed by atoms with Crippen molar-refractivity contribution in [2.75, 3.05) is 0 Å². The molecule has 0 aromatic heterocycles. The van der Waals surface area contributed by atoms with Crippen molar-refractivity contribution in [3.8, 4) is 0 Å². The van der Waals surface area contributed by atoms with E-state index in [9.17, 15) is 14.4 Å². The van der Waals surface area contributed by atoms with Crippen molar-refractivity contribution in [2.45, 2.75) is 158 Å². The molecule has 0 saturated carbocycles. The molecular formula is C128H148O3. The zero-order chi connectivity index (χ0) is 96.4. The molecule has 0 unspecified atom stereocenters. The molecule has 0 amide bonds. The fourth-order valence-corrected chi connectivity index (χ4v) is 10.8. The van der Waals surface area contributed by atoms with Gasteiger partial charge in [-0.3, -0.25) is 14.4 Å². The van der Waals surface area contributed by atoms with Gasteiger partial charge in [0.1, 0.15) is 17.3 Å². The second kappa shape index (κ2) is 78.0. The van der Waals surface area contributed by atoms with E-state index in [0.29, 0.717) is 19.3 Å². The lowest BCUT2D eigenvalue weighted by molar-refractivity contribution is -0.117. The minimum Gasteiger partial charge on any atom is -0.300 e. The van der Waals surface area contributed by atoms with Gasteiger partial charge in [0.25, 0.3) is 0 Å². The molecule has 0 atom stereocenters. The van der Waals surface area contributed by atoms with Gasteiger partial charge in [-0.15, -0.1) is 0 Å². The molecule has 0 aliphatic carbocycles. The Hall–Kier alpha value is -14.3. The van der Waals surface area contributed by atoms with E-state index >= 15 is 0 Å². The van der Waals surface area contributed by atoms with Gasteiger partial charge < -0.3 is 0 Å². The van der Waals surface area contributed by atoms with Gasteiger partial charge in [-0.2, -0.15) is 0 Å². The summed E-state index contributed by atoms with van der Waals surface area (Å²) in [5.41, 5.74) is 24.9. The Morgan fingerprint density at radius 3 is 0.282 bits per heavy atom. The van der Waals surface area contributed by atoms with Crippen LogP contribution < -0.4 is 0 Å². The van der Waals surface area contributed by atoms with Crippen LogP contribution in [0.15, 0.2) is 497 Å². The molecule has 0 aliphatic heterocycles. The molecule has 3 nitrogen and oxygen atoms in total. The molecule has 0 fully saturated rings. The van der Waals surface area contributed by atoms with Gasteiger partial charge in [0.15, 0.2) is 0 Å². The quantitative estimate of drug-likeness (QED) is 0.167. The van der Waals surface area contributed by atoms with Crippen LogP contribution in [0.3, 0.4) is 0 Å². The summed E-state index contributed by atoms with van der Waals surface area (Å²) in [6, 6.07) is 168. The van der Waals surface area contributed by atoms with Crippen molar-refractivity contribution in [3.05, 3.63) is 609 Å². The Labute approximate surface area is 792 Å². The number of Topliss-reactive ketones (excluding diaryl/α,β-unsaturated/α-hetero) is 3. The normalized spacial score (nSPS) is 8.95. The lowest BCUT2D eigenvalue weighted by Crippen LogP contribution is -2.08. The minimum absolute atomic E-state index is 0.0754. The summed E-state index contributed by atoms with van der Waals surface area (Å²) in [5.74, 6) is 0.236. The molecular weight excluding hydrogens is 1590 g/mol. The molecule has 0 aliphatic rings. The van der Waals surface area contributed by atoms with E-state index in [0.717, 1.165) is 22.3 Å². The van der Waals surface area contributed by atoms with Gasteiger partial charge in [-0.1, -0.05) is 586 Å². The van der Waals surface area contributed by atoms with Crippen LogP contribution in [0, 0.1) is 118 Å². The predicted molar refractivity (Wildman–Crippen MR) is 573 cm³/mol. The molecule has 131 heavy (non-hydrogen) atoms. The maximum Gasteiger partial charge on any atom is 0.134 e. The van der Waals surface area contributed by atoms with Gasteiger partial charge in [0.2, 0.25) is 0 Å². The first-order chi connectivity index (χ1) is 63.1. The number of hydrogen-bond donors (Lipinski definition) is 0. The van der Waals surface area contributed by atoms with E-state index in [1.165, 1.54) is 95.9 Å². The molecule has 0 bridgehead atoms. The topological polar surface area (TPSA) is 51.2 Å². The van der Waals surface area contributed by atoms with E-state index in [1.807, 2.05) is 310 Å². The summed E-state index contributed by atoms with van der Waals surface area (Å²) >= 11 is 0. The number of ketones is 3. The highest BCUT2D eigenvalue weighted by molar-refractivity contribution is 5.82. The molecule has 0 N–H and O–H groups in total. The monoisotopic (exact) mass is 1730 g/mol. The highest BCUT2D eigenvalue weighted by Gasteiger charge is 2.12. The van der Waals surface area contributed by atoms with Crippen LogP contribution in [0.5, 0.6) is 0 Å². The number of benzene rings is 17. The van der Waals surface area contributed by atoms with Gasteiger partial charge >= 0.3 is 0 Å². The molecule has 3 heteroatoms. The largest absolute Gasteiger partial charge is 0.300 e. The molecule has 17 aromatic carbocycles. The first kappa shape index (κ1) is 115. The number of carbonyl (C=O) groups excluding carboxylic acids is 3. The number of aryl methyl sites for hydroxylation is 16. The Bertz CT molecular complexity index is 4190. The Morgan fingerprint density at radius 1 is 0.137 bits per heavy atom. The Morgan fingerprint density at radius 2 is 0.221 bits per heavy atom. The van der Waals surface area contributed by atoms with Gasteiger partial charge in [0.05, 0.1) is 0 Å². The smallest absolute Gasteiger partial charge is 0.134 e. The van der Waals surface area contributed by atoms with Crippen molar-refractivity contribution in [2.24, 2.45) is 0 Å². The molecule has 0 radical (unpaired) electrons. The van der Waals surface area contributed by atoms with Crippen molar-refractivity contribution >= 4 is 17.3 Å². The molecule has 0 heterocycles. The zero-order valence-electron chi connectivity index (χ0n) is 82.2. The number of rotatable bonds is 6. The summed E-state index contributed by atoms with van der Waals surface area (Å²) in [4.78, 5) is 33.8. The summed E-state index contributed by atoms with van der Waals surface area (Å²) in [6.45, 7) is 39.9. The average molecular weight is 1730 g/mol. The first-order valence-corrected chi connectivity index (χ1v) is 45.0. The molecule has 678 valence electrons. The molecule has 17 aromatic rings. The van der Waals surface area contributed by atoms with Crippen molar-refractivity contribution < 1.29 is 14.4 Å². The van der Waals surface area contributed by atoms with Gasteiger partial charge in [-0.25, -0.2) is 0 Å². The Kier molecular flexibility index (Phi) is 68.4. The highest BCUT2D eigenvalue weighted by atomic mass is 16.1. The van der Waals surface area contributed by atoms with E-state index < -0.39 is 0 Å². The standard InChI is InChI=1S/C16H20O3.16C7H8/c1-10(17)5-14-8-15(6-11(2)18)13(4)16(9-14)7-12(3)19;16*1-7-5-3-2-4-6-7/h8-9H,5-7H2,1-4H3;16*2-6H,1H3. The highest BCUT2D eigenvalue weighted by Crippen LogP contribution is 2.20. The zero-order valence-corrected chi connectivity index (χ0v) is 82.2. The van der Waals surface area contributed by atoms with Crippen molar-refractivity contribution in [1.29, 1.82) is 0 Å². The van der Waals surface area contributed by atoms with Crippen LogP contribution >= 0.6 is 0 Å². The molecule has 0 spiro atoms. The van der Waals surface area contributed by atoms with Crippen LogP contribution in [0.2, 0.25) is 0 Å². The summed E-state index contributed by atoms with van der Waals surface area (Å²) < 4.78 is 0. The second-order valence-electron chi connectivity index (χ2n) is 31.7. The molecule has 0 saturated heterocycles. The maximum absolute atomic E-state index is 11.3. The summed E-state index contributed by atoms with van der Waals surface area (Å²) in [5, 5.41) is 0. The summed E-state index contributed by atoms with van der Waals surface area (Å²) in [6.07, 6.45) is 1.04. The van der Waals surface area contributed by atoms with Crippen LogP contribution in [-0.2, 0) is 33.6 Å². The van der Waals surface area contributed by atoms with E-state index in [1.54, 1.807) is 13.8 Å². The van der Waals surface area contributed by atoms with E-state index in [2.05, 4.69) is 305 Å². The van der Waals surface area contributed by atoms with Crippen LogP contribution in [-0.4, -0.2) is 17.3 Å².